The molecule has 0 aliphatic heterocycles. The number of rotatable bonds is 2. The molecule has 0 saturated carbocycles. The molecule has 5 rings (SSSR count). The SMILES string of the molecule is Nc1nc(-c2ccc(F)cc2)c(-c2ccc3nncn3c2)c2nccnc12. The number of hydrogen-bond acceptors (Lipinski definition) is 6. The molecule has 4 aromatic heterocycles. The van der Waals surface area contributed by atoms with Crippen LogP contribution in [0.1, 0.15) is 0 Å². The Hall–Kier alpha value is -3.94. The van der Waals surface area contributed by atoms with Gasteiger partial charge in [0.1, 0.15) is 23.2 Å². The molecule has 0 radical (unpaired) electrons. The van der Waals surface area contributed by atoms with E-state index in [1.807, 2.05) is 22.7 Å². The molecule has 2 N–H and O–H groups in total. The van der Waals surface area contributed by atoms with Gasteiger partial charge in [0.15, 0.2) is 11.5 Å². The Kier molecular flexibility index (Phi) is 3.29. The van der Waals surface area contributed by atoms with Crippen LogP contribution in [-0.4, -0.2) is 29.5 Å². The lowest BCUT2D eigenvalue weighted by Gasteiger charge is -2.13. The predicted molar refractivity (Wildman–Crippen MR) is 99.1 cm³/mol. The Bertz CT molecular complexity index is 1290. The van der Waals surface area contributed by atoms with Crippen LogP contribution in [0.15, 0.2) is 61.3 Å². The molecule has 5 aromatic rings. The van der Waals surface area contributed by atoms with Gasteiger partial charge in [0.2, 0.25) is 0 Å². The fourth-order valence-corrected chi connectivity index (χ4v) is 3.12. The number of hydrogen-bond donors (Lipinski definition) is 1. The second-order valence-corrected chi connectivity index (χ2v) is 6.00. The van der Waals surface area contributed by atoms with Crippen molar-refractivity contribution in [3.63, 3.8) is 0 Å². The molecule has 0 amide bonds. The molecule has 7 nitrogen and oxygen atoms in total. The third-order valence-corrected chi connectivity index (χ3v) is 4.34. The number of fused-ring (bicyclic) bond motifs is 2. The Labute approximate surface area is 152 Å². The van der Waals surface area contributed by atoms with Gasteiger partial charge in [-0.3, -0.25) is 9.38 Å². The summed E-state index contributed by atoms with van der Waals surface area (Å²) in [6.45, 7) is 0. The van der Waals surface area contributed by atoms with Crippen molar-refractivity contribution >= 4 is 22.5 Å². The minimum Gasteiger partial charge on any atom is -0.382 e. The van der Waals surface area contributed by atoms with E-state index < -0.39 is 0 Å². The zero-order valence-corrected chi connectivity index (χ0v) is 13.9. The number of pyridine rings is 2. The van der Waals surface area contributed by atoms with Crippen molar-refractivity contribution in [2.75, 3.05) is 5.73 Å². The van der Waals surface area contributed by atoms with Crippen molar-refractivity contribution in [2.24, 2.45) is 0 Å². The van der Waals surface area contributed by atoms with Crippen molar-refractivity contribution in [3.05, 3.63) is 67.1 Å². The van der Waals surface area contributed by atoms with Gasteiger partial charge in [-0.1, -0.05) is 0 Å². The van der Waals surface area contributed by atoms with Crippen molar-refractivity contribution in [1.29, 1.82) is 0 Å². The Morgan fingerprint density at radius 3 is 2.44 bits per heavy atom. The van der Waals surface area contributed by atoms with E-state index >= 15 is 0 Å². The number of nitrogen functional groups attached to an aromatic ring is 1. The van der Waals surface area contributed by atoms with Crippen LogP contribution in [0, 0.1) is 5.82 Å². The van der Waals surface area contributed by atoms with Crippen LogP contribution < -0.4 is 5.73 Å². The van der Waals surface area contributed by atoms with E-state index in [0.717, 1.165) is 22.3 Å². The molecule has 0 saturated heterocycles. The molecule has 8 heteroatoms. The third kappa shape index (κ3) is 2.46. The fourth-order valence-electron chi connectivity index (χ4n) is 3.12. The quantitative estimate of drug-likeness (QED) is 0.521. The lowest BCUT2D eigenvalue weighted by molar-refractivity contribution is 0.628. The molecule has 1 aromatic carbocycles. The summed E-state index contributed by atoms with van der Waals surface area (Å²) in [7, 11) is 0. The number of nitrogens with two attached hydrogens (primary N) is 1. The van der Waals surface area contributed by atoms with Crippen LogP contribution in [0.3, 0.4) is 0 Å². The highest BCUT2D eigenvalue weighted by atomic mass is 19.1. The summed E-state index contributed by atoms with van der Waals surface area (Å²) in [5.41, 5.74) is 10.9. The number of benzene rings is 1. The molecule has 0 atom stereocenters. The van der Waals surface area contributed by atoms with Crippen molar-refractivity contribution in [3.8, 4) is 22.4 Å². The molecule has 0 spiro atoms. The molecule has 27 heavy (non-hydrogen) atoms. The normalized spacial score (nSPS) is 11.3. The van der Waals surface area contributed by atoms with Crippen LogP contribution in [0.25, 0.3) is 39.1 Å². The van der Waals surface area contributed by atoms with Crippen LogP contribution in [0.2, 0.25) is 0 Å². The molecule has 0 fully saturated rings. The van der Waals surface area contributed by atoms with Gasteiger partial charge in [0.25, 0.3) is 0 Å². The number of halogens is 1. The summed E-state index contributed by atoms with van der Waals surface area (Å²) in [5.74, 6) is -0.0497. The zero-order chi connectivity index (χ0) is 18.4. The van der Waals surface area contributed by atoms with Gasteiger partial charge in [0.05, 0.1) is 5.69 Å². The molecule has 130 valence electrons. The Balaban J connectivity index is 1.88. The summed E-state index contributed by atoms with van der Waals surface area (Å²) in [6.07, 6.45) is 6.69. The molecule has 4 heterocycles. The van der Waals surface area contributed by atoms with Crippen molar-refractivity contribution in [1.82, 2.24) is 29.5 Å². The second-order valence-electron chi connectivity index (χ2n) is 6.00. The average molecular weight is 357 g/mol. The van der Waals surface area contributed by atoms with E-state index in [0.29, 0.717) is 16.7 Å². The van der Waals surface area contributed by atoms with Gasteiger partial charge < -0.3 is 5.73 Å². The topological polar surface area (TPSA) is 94.9 Å². The van der Waals surface area contributed by atoms with Gasteiger partial charge in [-0.2, -0.15) is 0 Å². The first-order chi connectivity index (χ1) is 13.2. The van der Waals surface area contributed by atoms with Gasteiger partial charge in [0, 0.05) is 35.3 Å². The van der Waals surface area contributed by atoms with Crippen molar-refractivity contribution < 1.29 is 4.39 Å². The molecule has 0 bridgehead atoms. The maximum absolute atomic E-state index is 13.4. The van der Waals surface area contributed by atoms with Crippen LogP contribution >= 0.6 is 0 Å². The highest BCUT2D eigenvalue weighted by molar-refractivity contribution is 6.02. The summed E-state index contributed by atoms with van der Waals surface area (Å²) in [5, 5.41) is 7.94. The highest BCUT2D eigenvalue weighted by Crippen LogP contribution is 2.37. The number of aromatic nitrogens is 6. The number of anilines is 1. The maximum Gasteiger partial charge on any atom is 0.160 e. The average Bonchev–Trinajstić information content (AvgIpc) is 3.16. The first-order valence-corrected chi connectivity index (χ1v) is 8.16. The lowest BCUT2D eigenvalue weighted by Crippen LogP contribution is -2.01. The van der Waals surface area contributed by atoms with Gasteiger partial charge in [-0.05, 0) is 36.4 Å². The molecular weight excluding hydrogens is 345 g/mol. The van der Waals surface area contributed by atoms with E-state index in [4.69, 9.17) is 5.73 Å². The molecule has 0 unspecified atom stereocenters. The van der Waals surface area contributed by atoms with Crippen molar-refractivity contribution in [2.45, 2.75) is 0 Å². The maximum atomic E-state index is 13.4. The van der Waals surface area contributed by atoms with E-state index in [1.54, 1.807) is 30.9 Å². The van der Waals surface area contributed by atoms with Crippen LogP contribution in [0.5, 0.6) is 0 Å². The first-order valence-electron chi connectivity index (χ1n) is 8.16. The first kappa shape index (κ1) is 15.3. The summed E-state index contributed by atoms with van der Waals surface area (Å²) >= 11 is 0. The summed E-state index contributed by atoms with van der Waals surface area (Å²) in [4.78, 5) is 13.4. The summed E-state index contributed by atoms with van der Waals surface area (Å²) < 4.78 is 15.2. The summed E-state index contributed by atoms with van der Waals surface area (Å²) in [6, 6.07) is 9.88. The van der Waals surface area contributed by atoms with Gasteiger partial charge in [-0.25, -0.2) is 14.4 Å². The van der Waals surface area contributed by atoms with E-state index in [2.05, 4.69) is 25.1 Å². The Morgan fingerprint density at radius 1 is 0.889 bits per heavy atom. The lowest BCUT2D eigenvalue weighted by atomic mass is 9.98. The smallest absolute Gasteiger partial charge is 0.160 e. The van der Waals surface area contributed by atoms with E-state index in [-0.39, 0.29) is 11.6 Å². The van der Waals surface area contributed by atoms with Crippen LogP contribution in [-0.2, 0) is 0 Å². The van der Waals surface area contributed by atoms with Gasteiger partial charge >= 0.3 is 0 Å². The monoisotopic (exact) mass is 357 g/mol. The molecular formula is C19H12FN7. The minimum absolute atomic E-state index is 0.270. The highest BCUT2D eigenvalue weighted by Gasteiger charge is 2.18. The Morgan fingerprint density at radius 2 is 1.63 bits per heavy atom. The number of nitrogens with zero attached hydrogens (tertiary/aromatic N) is 6. The van der Waals surface area contributed by atoms with E-state index in [1.165, 1.54) is 12.1 Å². The fraction of sp³-hybridized carbons (Fsp3) is 0. The van der Waals surface area contributed by atoms with E-state index in [9.17, 15) is 4.39 Å². The standard InChI is InChI=1S/C19H12FN7/c20-13-4-1-11(2-5-13)16-15(12-3-6-14-26-24-10-27(14)9-12)17-18(19(21)25-16)23-8-7-22-17/h1-10H,(H2,21,25). The molecule has 0 aliphatic rings. The predicted octanol–water partition coefficient (Wildman–Crippen LogP) is 3.12. The molecule has 0 aliphatic carbocycles. The second kappa shape index (κ2) is 5.80. The third-order valence-electron chi connectivity index (χ3n) is 4.34. The zero-order valence-electron chi connectivity index (χ0n) is 13.9. The van der Waals surface area contributed by atoms with Crippen LogP contribution in [0.4, 0.5) is 10.2 Å². The minimum atomic E-state index is -0.320. The largest absolute Gasteiger partial charge is 0.382 e. The van der Waals surface area contributed by atoms with Gasteiger partial charge in [-0.15, -0.1) is 10.2 Å².